The highest BCUT2D eigenvalue weighted by Crippen LogP contribution is 2.40. The van der Waals surface area contributed by atoms with Crippen LogP contribution >= 0.6 is 11.3 Å². The molecule has 2 aromatic heterocycles. The molecule has 3 nitrogen and oxygen atoms in total. The van der Waals surface area contributed by atoms with Gasteiger partial charge >= 0.3 is 0 Å². The second-order valence-electron chi connectivity index (χ2n) is 5.43. The summed E-state index contributed by atoms with van der Waals surface area (Å²) in [6.07, 6.45) is 2.43. The molecule has 1 aromatic carbocycles. The third-order valence-electron chi connectivity index (χ3n) is 3.76. The molecule has 1 fully saturated rings. The lowest BCUT2D eigenvalue weighted by Crippen LogP contribution is -2.05. The summed E-state index contributed by atoms with van der Waals surface area (Å²) in [6, 6.07) is 8.60. The molecule has 0 radical (unpaired) electrons. The predicted octanol–water partition coefficient (Wildman–Crippen LogP) is 4.94. The van der Waals surface area contributed by atoms with E-state index >= 15 is 0 Å². The largest absolute Gasteiger partial charge is 0.440 e. The molecule has 1 atom stereocenters. The van der Waals surface area contributed by atoms with E-state index < -0.39 is 0 Å². The summed E-state index contributed by atoms with van der Waals surface area (Å²) in [5.74, 6) is 1.46. The lowest BCUT2D eigenvalue weighted by atomic mass is 10.1. The van der Waals surface area contributed by atoms with E-state index in [2.05, 4.69) is 46.2 Å². The maximum Gasteiger partial charge on any atom is 0.198 e. The Morgan fingerprint density at radius 2 is 2.25 bits per heavy atom. The van der Waals surface area contributed by atoms with Crippen LogP contribution in [0.4, 0.5) is 5.69 Å². The summed E-state index contributed by atoms with van der Waals surface area (Å²) in [7, 11) is 0. The highest BCUT2D eigenvalue weighted by molar-refractivity contribution is 7.07. The van der Waals surface area contributed by atoms with Crippen molar-refractivity contribution in [2.24, 2.45) is 0 Å². The smallest absolute Gasteiger partial charge is 0.198 e. The Morgan fingerprint density at radius 1 is 1.35 bits per heavy atom. The van der Waals surface area contributed by atoms with Crippen molar-refractivity contribution in [2.45, 2.75) is 31.7 Å². The van der Waals surface area contributed by atoms with E-state index in [0.717, 1.165) is 22.7 Å². The molecule has 4 heteroatoms. The third-order valence-corrected chi connectivity index (χ3v) is 4.46. The van der Waals surface area contributed by atoms with E-state index in [1.165, 1.54) is 18.4 Å². The number of anilines is 1. The summed E-state index contributed by atoms with van der Waals surface area (Å²) < 4.78 is 5.79. The second-order valence-corrected chi connectivity index (χ2v) is 6.21. The Hall–Kier alpha value is -1.81. The van der Waals surface area contributed by atoms with E-state index in [-0.39, 0.29) is 0 Å². The average Bonchev–Trinajstić information content (AvgIpc) is 3.00. The highest BCUT2D eigenvalue weighted by atomic mass is 32.1. The molecule has 20 heavy (non-hydrogen) atoms. The Labute approximate surface area is 121 Å². The normalized spacial score (nSPS) is 16.4. The van der Waals surface area contributed by atoms with Crippen LogP contribution in [0.1, 0.15) is 43.2 Å². The second kappa shape index (κ2) is 4.63. The van der Waals surface area contributed by atoms with Crippen molar-refractivity contribution in [3.8, 4) is 0 Å². The van der Waals surface area contributed by atoms with E-state index in [4.69, 9.17) is 4.42 Å². The van der Waals surface area contributed by atoms with Gasteiger partial charge in [-0.1, -0.05) is 0 Å². The van der Waals surface area contributed by atoms with Crippen LogP contribution in [0.25, 0.3) is 11.1 Å². The van der Waals surface area contributed by atoms with Gasteiger partial charge in [0.15, 0.2) is 11.5 Å². The Bertz CT molecular complexity index is 728. The van der Waals surface area contributed by atoms with Crippen LogP contribution in [0.5, 0.6) is 0 Å². The molecule has 1 N–H and O–H groups in total. The summed E-state index contributed by atoms with van der Waals surface area (Å²) in [5.41, 5.74) is 4.25. The third kappa shape index (κ3) is 2.20. The maximum absolute atomic E-state index is 5.79. The molecule has 1 aliphatic rings. The fourth-order valence-corrected chi connectivity index (χ4v) is 3.15. The quantitative estimate of drug-likeness (QED) is 0.737. The Kier molecular flexibility index (Phi) is 2.77. The molecule has 4 rings (SSSR count). The van der Waals surface area contributed by atoms with Crippen molar-refractivity contribution in [3.05, 3.63) is 46.5 Å². The predicted molar refractivity (Wildman–Crippen MR) is 82.3 cm³/mol. The number of benzene rings is 1. The fourth-order valence-electron chi connectivity index (χ4n) is 2.39. The van der Waals surface area contributed by atoms with Crippen LogP contribution in [0, 0.1) is 0 Å². The summed E-state index contributed by atoms with van der Waals surface area (Å²) in [4.78, 5) is 4.60. The SMILES string of the molecule is CC(Nc1ccc2oc(C3CC3)nc2c1)c1ccsc1. The zero-order valence-corrected chi connectivity index (χ0v) is 12.1. The average molecular weight is 284 g/mol. The molecule has 1 unspecified atom stereocenters. The minimum absolute atomic E-state index is 0.300. The zero-order chi connectivity index (χ0) is 13.5. The number of aromatic nitrogens is 1. The van der Waals surface area contributed by atoms with Crippen LogP contribution in [0.2, 0.25) is 0 Å². The van der Waals surface area contributed by atoms with Crippen LogP contribution in [0.15, 0.2) is 39.4 Å². The number of hydrogen-bond acceptors (Lipinski definition) is 4. The number of nitrogens with one attached hydrogen (secondary N) is 1. The number of nitrogens with zero attached hydrogens (tertiary/aromatic N) is 1. The molecule has 0 spiro atoms. The van der Waals surface area contributed by atoms with Gasteiger partial charge in [-0.05, 0) is 60.4 Å². The lowest BCUT2D eigenvalue weighted by Gasteiger charge is -2.13. The number of hydrogen-bond donors (Lipinski definition) is 1. The molecule has 102 valence electrons. The van der Waals surface area contributed by atoms with Crippen molar-refractivity contribution in [2.75, 3.05) is 5.32 Å². The summed E-state index contributed by atoms with van der Waals surface area (Å²) >= 11 is 1.73. The zero-order valence-electron chi connectivity index (χ0n) is 11.3. The van der Waals surface area contributed by atoms with Gasteiger partial charge in [0, 0.05) is 17.6 Å². The first-order valence-electron chi connectivity index (χ1n) is 6.99. The number of rotatable bonds is 4. The Morgan fingerprint density at radius 3 is 3.00 bits per heavy atom. The van der Waals surface area contributed by atoms with Gasteiger partial charge in [-0.15, -0.1) is 0 Å². The summed E-state index contributed by atoms with van der Waals surface area (Å²) in [5, 5.41) is 7.80. The van der Waals surface area contributed by atoms with Crippen LogP contribution in [-0.4, -0.2) is 4.98 Å². The first-order valence-corrected chi connectivity index (χ1v) is 7.93. The number of fused-ring (bicyclic) bond motifs is 1. The van der Waals surface area contributed by atoms with Crippen LogP contribution in [-0.2, 0) is 0 Å². The van der Waals surface area contributed by atoms with Crippen molar-refractivity contribution in [3.63, 3.8) is 0 Å². The molecule has 2 heterocycles. The minimum Gasteiger partial charge on any atom is -0.440 e. The number of oxazole rings is 1. The highest BCUT2D eigenvalue weighted by Gasteiger charge is 2.28. The molecule has 3 aromatic rings. The first kappa shape index (κ1) is 12.0. The summed E-state index contributed by atoms with van der Waals surface area (Å²) in [6.45, 7) is 2.17. The molecule has 1 aliphatic carbocycles. The van der Waals surface area contributed by atoms with Gasteiger partial charge in [-0.2, -0.15) is 11.3 Å². The van der Waals surface area contributed by atoms with E-state index in [9.17, 15) is 0 Å². The molecule has 0 bridgehead atoms. The molecule has 0 amide bonds. The van der Waals surface area contributed by atoms with Crippen LogP contribution in [0.3, 0.4) is 0 Å². The van der Waals surface area contributed by atoms with E-state index in [1.807, 2.05) is 6.07 Å². The van der Waals surface area contributed by atoms with Crippen molar-refractivity contribution in [1.29, 1.82) is 0 Å². The van der Waals surface area contributed by atoms with Gasteiger partial charge in [-0.3, -0.25) is 0 Å². The van der Waals surface area contributed by atoms with Gasteiger partial charge in [-0.25, -0.2) is 4.98 Å². The van der Waals surface area contributed by atoms with Gasteiger partial charge in [0.2, 0.25) is 0 Å². The standard InChI is InChI=1S/C16H16N2OS/c1-10(12-6-7-20-9-12)17-13-4-5-15-14(8-13)18-16(19-15)11-2-3-11/h4-11,17H,2-3H2,1H3. The lowest BCUT2D eigenvalue weighted by molar-refractivity contribution is 0.533. The number of thiophene rings is 1. The van der Waals surface area contributed by atoms with Crippen molar-refractivity contribution < 1.29 is 4.42 Å². The van der Waals surface area contributed by atoms with Gasteiger partial charge in [0.1, 0.15) is 5.52 Å². The van der Waals surface area contributed by atoms with Crippen LogP contribution < -0.4 is 5.32 Å². The van der Waals surface area contributed by atoms with E-state index in [0.29, 0.717) is 12.0 Å². The van der Waals surface area contributed by atoms with Crippen molar-refractivity contribution in [1.82, 2.24) is 4.98 Å². The fraction of sp³-hybridized carbons (Fsp3) is 0.312. The molecule has 1 saturated carbocycles. The van der Waals surface area contributed by atoms with Gasteiger partial charge in [0.05, 0.1) is 0 Å². The minimum atomic E-state index is 0.300. The molecular weight excluding hydrogens is 268 g/mol. The molecule has 0 saturated heterocycles. The van der Waals surface area contributed by atoms with Gasteiger partial charge < -0.3 is 9.73 Å². The van der Waals surface area contributed by atoms with Crippen molar-refractivity contribution >= 4 is 28.1 Å². The monoisotopic (exact) mass is 284 g/mol. The molecular formula is C16H16N2OS. The maximum atomic E-state index is 5.79. The molecule has 0 aliphatic heterocycles. The Balaban J connectivity index is 1.60. The topological polar surface area (TPSA) is 38.1 Å². The van der Waals surface area contributed by atoms with E-state index in [1.54, 1.807) is 11.3 Å². The first-order chi connectivity index (χ1) is 9.79. The van der Waals surface area contributed by atoms with Gasteiger partial charge in [0.25, 0.3) is 0 Å².